The van der Waals surface area contributed by atoms with Gasteiger partial charge in [0.1, 0.15) is 18.1 Å². The lowest BCUT2D eigenvalue weighted by Crippen LogP contribution is -2.58. The molecule has 0 aromatic heterocycles. The Balaban J connectivity index is 4.91. The third-order valence-electron chi connectivity index (χ3n) is 3.86. The Morgan fingerprint density at radius 3 is 1.93 bits per heavy atom. The molecule has 0 aromatic rings. The van der Waals surface area contributed by atoms with Crippen molar-refractivity contribution in [1.29, 1.82) is 0 Å². The first-order valence-electron chi connectivity index (χ1n) is 8.89. The Kier molecular flexibility index (Phi) is 13.9. The molecule has 14 heteroatoms. The number of thioether (sulfide) groups is 1. The number of carboxylic acids is 2. The maximum Gasteiger partial charge on any atom is 0.326 e. The number of nitrogens with two attached hydrogens (primary N) is 1. The molecule has 3 amide bonds. The maximum absolute atomic E-state index is 12.3. The number of rotatable bonds is 15. The number of nitrogens with one attached hydrogen (secondary N) is 3. The molecule has 0 saturated carbocycles. The largest absolute Gasteiger partial charge is 0.481 e. The zero-order valence-electron chi connectivity index (χ0n) is 16.4. The normalized spacial score (nSPS) is 14.7. The Morgan fingerprint density at radius 1 is 0.933 bits per heavy atom. The van der Waals surface area contributed by atoms with Gasteiger partial charge in [-0.15, -0.1) is 0 Å². The molecular formula is C16H28N4O8S2. The van der Waals surface area contributed by atoms with Crippen molar-refractivity contribution >= 4 is 54.1 Å². The molecule has 0 aromatic carbocycles. The van der Waals surface area contributed by atoms with Crippen LogP contribution in [-0.2, 0) is 24.0 Å². The first-order chi connectivity index (χ1) is 14.1. The summed E-state index contributed by atoms with van der Waals surface area (Å²) in [7, 11) is 0. The van der Waals surface area contributed by atoms with Crippen molar-refractivity contribution in [3.63, 3.8) is 0 Å². The average Bonchev–Trinajstić information content (AvgIpc) is 2.70. The van der Waals surface area contributed by atoms with Crippen LogP contribution in [0.1, 0.15) is 19.3 Å². The first kappa shape index (κ1) is 28.0. The second kappa shape index (κ2) is 14.9. The zero-order valence-corrected chi connectivity index (χ0v) is 18.1. The van der Waals surface area contributed by atoms with E-state index in [-0.39, 0.29) is 25.0 Å². The topological polar surface area (TPSA) is 208 Å². The Labute approximate surface area is 183 Å². The molecule has 0 aliphatic heterocycles. The number of hydrogen-bond acceptors (Lipinski definition) is 9. The minimum Gasteiger partial charge on any atom is -0.481 e. The number of hydrogen-bond donors (Lipinski definition) is 8. The Bertz CT molecular complexity index is 622. The van der Waals surface area contributed by atoms with E-state index in [1.165, 1.54) is 11.8 Å². The van der Waals surface area contributed by atoms with Gasteiger partial charge in [-0.1, -0.05) is 0 Å². The maximum atomic E-state index is 12.3. The molecule has 0 bridgehead atoms. The fourth-order valence-corrected chi connectivity index (χ4v) is 2.84. The summed E-state index contributed by atoms with van der Waals surface area (Å²) in [5, 5.41) is 33.9. The lowest BCUT2D eigenvalue weighted by Gasteiger charge is -2.23. The molecule has 0 fully saturated rings. The highest BCUT2D eigenvalue weighted by atomic mass is 32.2. The summed E-state index contributed by atoms with van der Waals surface area (Å²) < 4.78 is 0. The highest BCUT2D eigenvalue weighted by Gasteiger charge is 2.29. The van der Waals surface area contributed by atoms with E-state index in [9.17, 15) is 34.2 Å². The molecule has 8 N–H and O–H groups in total. The quantitative estimate of drug-likeness (QED) is 0.117. The van der Waals surface area contributed by atoms with Gasteiger partial charge >= 0.3 is 11.9 Å². The number of aliphatic hydroxyl groups is 1. The molecule has 0 saturated heterocycles. The summed E-state index contributed by atoms with van der Waals surface area (Å²) >= 11 is 5.38. The summed E-state index contributed by atoms with van der Waals surface area (Å²) in [6.07, 6.45) is 1.44. The van der Waals surface area contributed by atoms with Crippen molar-refractivity contribution in [3.05, 3.63) is 0 Å². The molecule has 0 aliphatic carbocycles. The fourth-order valence-electron chi connectivity index (χ4n) is 2.11. The number of carboxylic acid groups (broad SMARTS) is 2. The van der Waals surface area contributed by atoms with E-state index in [0.29, 0.717) is 5.75 Å². The highest BCUT2D eigenvalue weighted by molar-refractivity contribution is 7.98. The van der Waals surface area contributed by atoms with Crippen LogP contribution < -0.4 is 21.7 Å². The van der Waals surface area contributed by atoms with Crippen molar-refractivity contribution in [1.82, 2.24) is 16.0 Å². The van der Waals surface area contributed by atoms with Crippen molar-refractivity contribution < 1.29 is 39.3 Å². The van der Waals surface area contributed by atoms with Crippen molar-refractivity contribution in [2.45, 2.75) is 43.4 Å². The monoisotopic (exact) mass is 468 g/mol. The fraction of sp³-hybridized carbons (Fsp3) is 0.688. The van der Waals surface area contributed by atoms with Gasteiger partial charge in [-0.25, -0.2) is 4.79 Å². The van der Waals surface area contributed by atoms with Crippen molar-refractivity contribution in [2.24, 2.45) is 5.73 Å². The summed E-state index contributed by atoms with van der Waals surface area (Å²) in [4.78, 5) is 58.4. The summed E-state index contributed by atoms with van der Waals surface area (Å²) in [5.41, 5.74) is 5.55. The standard InChI is InChI=1S/C16H28N4O8S2/c1-30-5-4-9(16(27)28)18-15(26)11(7-29)20-14(25)10(6-21)19-13(24)8(17)2-3-12(22)23/h8-11,21,29H,2-7,17H2,1H3,(H,18,26)(H,19,24)(H,20,25)(H,22,23)(H,27,28). The van der Waals surface area contributed by atoms with Gasteiger partial charge in [0.05, 0.1) is 12.6 Å². The van der Waals surface area contributed by atoms with E-state index in [0.717, 1.165) is 0 Å². The van der Waals surface area contributed by atoms with Crippen LogP contribution in [0, 0.1) is 0 Å². The summed E-state index contributed by atoms with van der Waals surface area (Å²) in [5.74, 6) is -4.59. The van der Waals surface area contributed by atoms with E-state index in [4.69, 9.17) is 10.8 Å². The minimum atomic E-state index is -1.45. The van der Waals surface area contributed by atoms with Gasteiger partial charge in [0, 0.05) is 12.2 Å². The van der Waals surface area contributed by atoms with Gasteiger partial charge < -0.3 is 37.0 Å². The number of carbonyl (C=O) groups excluding carboxylic acids is 3. The number of aliphatic hydroxyl groups excluding tert-OH is 1. The van der Waals surface area contributed by atoms with Crippen LogP contribution >= 0.6 is 24.4 Å². The van der Waals surface area contributed by atoms with Crippen molar-refractivity contribution in [3.8, 4) is 0 Å². The van der Waals surface area contributed by atoms with E-state index in [2.05, 4.69) is 28.6 Å². The molecule has 4 unspecified atom stereocenters. The van der Waals surface area contributed by atoms with Gasteiger partial charge in [-0.05, 0) is 24.9 Å². The lowest BCUT2D eigenvalue weighted by molar-refractivity contribution is -0.142. The number of thiol groups is 1. The highest BCUT2D eigenvalue weighted by Crippen LogP contribution is 2.03. The van der Waals surface area contributed by atoms with Gasteiger partial charge in [-0.3, -0.25) is 19.2 Å². The molecule has 172 valence electrons. The summed E-state index contributed by atoms with van der Waals surface area (Å²) in [6, 6.07) is -5.02. The second-order valence-corrected chi connectivity index (χ2v) is 7.56. The third kappa shape index (κ3) is 10.7. The van der Waals surface area contributed by atoms with Crippen LogP contribution in [0.4, 0.5) is 0 Å². The average molecular weight is 469 g/mol. The van der Waals surface area contributed by atoms with Crippen LogP contribution in [0.15, 0.2) is 0 Å². The molecule has 0 radical (unpaired) electrons. The predicted octanol–water partition coefficient (Wildman–Crippen LogP) is -2.61. The van der Waals surface area contributed by atoms with Gasteiger partial charge in [-0.2, -0.15) is 24.4 Å². The van der Waals surface area contributed by atoms with E-state index >= 15 is 0 Å². The molecular weight excluding hydrogens is 440 g/mol. The minimum absolute atomic E-state index is 0.170. The van der Waals surface area contributed by atoms with Gasteiger partial charge in [0.2, 0.25) is 17.7 Å². The first-order valence-corrected chi connectivity index (χ1v) is 10.9. The van der Waals surface area contributed by atoms with Crippen LogP contribution in [0.25, 0.3) is 0 Å². The third-order valence-corrected chi connectivity index (χ3v) is 4.87. The van der Waals surface area contributed by atoms with Crippen LogP contribution in [-0.4, -0.2) is 93.5 Å². The summed E-state index contributed by atoms with van der Waals surface area (Å²) in [6.45, 7) is -0.810. The molecule has 12 nitrogen and oxygen atoms in total. The van der Waals surface area contributed by atoms with Crippen LogP contribution in [0.5, 0.6) is 0 Å². The smallest absolute Gasteiger partial charge is 0.326 e. The number of carbonyl (C=O) groups is 5. The Hall–Kier alpha value is -2.03. The van der Waals surface area contributed by atoms with Gasteiger partial charge in [0.25, 0.3) is 0 Å². The second-order valence-electron chi connectivity index (χ2n) is 6.21. The van der Waals surface area contributed by atoms with E-state index < -0.39 is 60.4 Å². The predicted molar refractivity (Wildman–Crippen MR) is 112 cm³/mol. The van der Waals surface area contributed by atoms with Gasteiger partial charge in [0.15, 0.2) is 0 Å². The molecule has 0 rings (SSSR count). The Morgan fingerprint density at radius 2 is 1.47 bits per heavy atom. The van der Waals surface area contributed by atoms with Crippen molar-refractivity contribution in [2.75, 3.05) is 24.4 Å². The number of aliphatic carboxylic acids is 2. The zero-order chi connectivity index (χ0) is 23.3. The van der Waals surface area contributed by atoms with E-state index in [1.54, 1.807) is 6.26 Å². The molecule has 0 spiro atoms. The van der Waals surface area contributed by atoms with Crippen LogP contribution in [0.2, 0.25) is 0 Å². The SMILES string of the molecule is CSCCC(NC(=O)C(CS)NC(=O)C(CO)NC(=O)C(N)CCC(=O)O)C(=O)O. The molecule has 4 atom stereocenters. The van der Waals surface area contributed by atoms with E-state index in [1.807, 2.05) is 0 Å². The molecule has 30 heavy (non-hydrogen) atoms. The molecule has 0 heterocycles. The number of amides is 3. The lowest BCUT2D eigenvalue weighted by atomic mass is 10.1. The molecule has 0 aliphatic rings. The van der Waals surface area contributed by atoms with Crippen LogP contribution in [0.3, 0.4) is 0 Å².